The molecule has 1 N–H and O–H groups in total. The molecule has 4 rings (SSSR count). The number of nitrogens with one attached hydrogen (secondary N) is 1. The largest absolute Gasteiger partial charge is 0.341 e. The van der Waals surface area contributed by atoms with E-state index in [9.17, 15) is 4.79 Å². The van der Waals surface area contributed by atoms with E-state index in [0.29, 0.717) is 6.54 Å². The van der Waals surface area contributed by atoms with Crippen LogP contribution in [0.25, 0.3) is 10.9 Å². The predicted octanol–water partition coefficient (Wildman–Crippen LogP) is 3.13. The van der Waals surface area contributed by atoms with Gasteiger partial charge in [-0.25, -0.2) is 4.98 Å². The van der Waals surface area contributed by atoms with E-state index >= 15 is 0 Å². The Labute approximate surface area is 144 Å². The fraction of sp³-hybridized carbons (Fsp3) is 0.0526. The SMILES string of the molecule is O=C(Nc1ccc2c(ccn2Cc2ccccn2)c1)c1cnccn1. The van der Waals surface area contributed by atoms with Gasteiger partial charge in [0.15, 0.2) is 0 Å². The Bertz CT molecular complexity index is 1010. The Morgan fingerprint density at radius 1 is 1.04 bits per heavy atom. The van der Waals surface area contributed by atoms with E-state index in [1.54, 1.807) is 6.20 Å². The number of nitrogens with zero attached hydrogens (tertiary/aromatic N) is 4. The zero-order valence-corrected chi connectivity index (χ0v) is 13.3. The molecule has 0 bridgehead atoms. The van der Waals surface area contributed by atoms with Gasteiger partial charge in [0, 0.05) is 41.4 Å². The first kappa shape index (κ1) is 15.0. The predicted molar refractivity (Wildman–Crippen MR) is 95.3 cm³/mol. The van der Waals surface area contributed by atoms with Gasteiger partial charge in [-0.2, -0.15) is 0 Å². The third-order valence-electron chi connectivity index (χ3n) is 3.88. The van der Waals surface area contributed by atoms with E-state index in [1.807, 2.05) is 48.7 Å². The first-order chi connectivity index (χ1) is 12.3. The molecular weight excluding hydrogens is 314 g/mol. The second-order valence-corrected chi connectivity index (χ2v) is 5.58. The number of anilines is 1. The highest BCUT2D eigenvalue weighted by Crippen LogP contribution is 2.21. The molecule has 0 radical (unpaired) electrons. The number of carbonyl (C=O) groups is 1. The Morgan fingerprint density at radius 2 is 2.00 bits per heavy atom. The van der Waals surface area contributed by atoms with Crippen LogP contribution in [0.2, 0.25) is 0 Å². The lowest BCUT2D eigenvalue weighted by Gasteiger charge is -2.07. The van der Waals surface area contributed by atoms with Crippen molar-refractivity contribution >= 4 is 22.5 Å². The summed E-state index contributed by atoms with van der Waals surface area (Å²) >= 11 is 0. The molecular formula is C19H15N5O. The molecule has 0 saturated carbocycles. The molecule has 0 saturated heterocycles. The minimum Gasteiger partial charge on any atom is -0.341 e. The molecule has 1 aromatic carbocycles. The molecule has 0 atom stereocenters. The lowest BCUT2D eigenvalue weighted by atomic mass is 10.2. The maximum atomic E-state index is 12.2. The van der Waals surface area contributed by atoms with Gasteiger partial charge in [-0.1, -0.05) is 6.07 Å². The molecule has 0 aliphatic heterocycles. The van der Waals surface area contributed by atoms with Gasteiger partial charge in [-0.3, -0.25) is 14.8 Å². The number of rotatable bonds is 4. The van der Waals surface area contributed by atoms with Crippen LogP contribution in [-0.2, 0) is 6.54 Å². The van der Waals surface area contributed by atoms with Crippen molar-refractivity contribution in [3.8, 4) is 0 Å². The van der Waals surface area contributed by atoms with E-state index in [4.69, 9.17) is 0 Å². The van der Waals surface area contributed by atoms with Crippen LogP contribution in [0.4, 0.5) is 5.69 Å². The van der Waals surface area contributed by atoms with E-state index in [1.165, 1.54) is 18.6 Å². The van der Waals surface area contributed by atoms with E-state index < -0.39 is 0 Å². The van der Waals surface area contributed by atoms with Gasteiger partial charge in [0.05, 0.1) is 18.4 Å². The third-order valence-corrected chi connectivity index (χ3v) is 3.88. The van der Waals surface area contributed by atoms with Gasteiger partial charge in [-0.15, -0.1) is 0 Å². The number of hydrogen-bond acceptors (Lipinski definition) is 4. The normalized spacial score (nSPS) is 10.7. The van der Waals surface area contributed by atoms with E-state index in [2.05, 4.69) is 24.8 Å². The second kappa shape index (κ2) is 6.52. The highest BCUT2D eigenvalue weighted by Gasteiger charge is 2.09. The minimum atomic E-state index is -0.277. The van der Waals surface area contributed by atoms with Gasteiger partial charge in [-0.05, 0) is 36.4 Å². The first-order valence-corrected chi connectivity index (χ1v) is 7.86. The number of aromatic nitrogens is 4. The van der Waals surface area contributed by atoms with E-state index in [-0.39, 0.29) is 11.6 Å². The summed E-state index contributed by atoms with van der Waals surface area (Å²) in [5, 5.41) is 3.90. The summed E-state index contributed by atoms with van der Waals surface area (Å²) in [7, 11) is 0. The van der Waals surface area contributed by atoms with Crippen molar-refractivity contribution in [1.29, 1.82) is 0 Å². The Hall–Kier alpha value is -3.54. The van der Waals surface area contributed by atoms with Crippen molar-refractivity contribution < 1.29 is 4.79 Å². The van der Waals surface area contributed by atoms with Crippen LogP contribution in [0.3, 0.4) is 0 Å². The zero-order chi connectivity index (χ0) is 17.1. The quantitative estimate of drug-likeness (QED) is 0.624. The molecule has 0 aliphatic carbocycles. The standard InChI is InChI=1S/C19H15N5O/c25-19(17-12-20-8-9-22-17)23-15-4-5-18-14(11-15)6-10-24(18)13-16-3-1-2-7-21-16/h1-12H,13H2,(H,23,25). The average Bonchev–Trinajstić information content (AvgIpc) is 3.05. The zero-order valence-electron chi connectivity index (χ0n) is 13.3. The minimum absolute atomic E-state index is 0.277. The summed E-state index contributed by atoms with van der Waals surface area (Å²) < 4.78 is 2.13. The number of benzene rings is 1. The number of fused-ring (bicyclic) bond motifs is 1. The van der Waals surface area contributed by atoms with Crippen LogP contribution in [0.15, 0.2) is 73.4 Å². The topological polar surface area (TPSA) is 72.7 Å². The van der Waals surface area contributed by atoms with Gasteiger partial charge < -0.3 is 9.88 Å². The van der Waals surface area contributed by atoms with Crippen LogP contribution in [-0.4, -0.2) is 25.4 Å². The second-order valence-electron chi connectivity index (χ2n) is 5.58. The van der Waals surface area contributed by atoms with Crippen molar-refractivity contribution in [2.75, 3.05) is 5.32 Å². The van der Waals surface area contributed by atoms with Crippen molar-refractivity contribution in [3.63, 3.8) is 0 Å². The molecule has 1 amide bonds. The van der Waals surface area contributed by atoms with Gasteiger partial charge in [0.25, 0.3) is 5.91 Å². The van der Waals surface area contributed by atoms with E-state index in [0.717, 1.165) is 22.3 Å². The van der Waals surface area contributed by atoms with Crippen LogP contribution in [0, 0.1) is 0 Å². The molecule has 6 heteroatoms. The number of hydrogen-bond donors (Lipinski definition) is 1. The molecule has 0 aliphatic rings. The summed E-state index contributed by atoms with van der Waals surface area (Å²) in [5.41, 5.74) is 3.09. The molecule has 0 fully saturated rings. The fourth-order valence-electron chi connectivity index (χ4n) is 2.69. The molecule has 3 aromatic heterocycles. The van der Waals surface area contributed by atoms with Crippen LogP contribution in [0.1, 0.15) is 16.2 Å². The third kappa shape index (κ3) is 3.23. The van der Waals surface area contributed by atoms with Crippen molar-refractivity contribution in [1.82, 2.24) is 19.5 Å². The summed E-state index contributed by atoms with van der Waals surface area (Å²) in [6.07, 6.45) is 8.29. The van der Waals surface area contributed by atoms with Crippen LogP contribution in [0.5, 0.6) is 0 Å². The number of carbonyl (C=O) groups excluding carboxylic acids is 1. The Kier molecular flexibility index (Phi) is 3.92. The highest BCUT2D eigenvalue weighted by molar-refractivity contribution is 6.03. The lowest BCUT2D eigenvalue weighted by molar-refractivity contribution is 0.102. The molecule has 6 nitrogen and oxygen atoms in total. The van der Waals surface area contributed by atoms with Crippen molar-refractivity contribution in [2.45, 2.75) is 6.54 Å². The summed E-state index contributed by atoms with van der Waals surface area (Å²) in [5.74, 6) is -0.277. The van der Waals surface area contributed by atoms with Gasteiger partial charge in [0.1, 0.15) is 5.69 Å². The lowest BCUT2D eigenvalue weighted by Crippen LogP contribution is -2.13. The molecule has 25 heavy (non-hydrogen) atoms. The molecule has 122 valence electrons. The number of amides is 1. The molecule has 0 spiro atoms. The maximum Gasteiger partial charge on any atom is 0.275 e. The molecule has 0 unspecified atom stereocenters. The Morgan fingerprint density at radius 3 is 2.80 bits per heavy atom. The highest BCUT2D eigenvalue weighted by atomic mass is 16.1. The summed E-state index contributed by atoms with van der Waals surface area (Å²) in [6.45, 7) is 0.704. The average molecular weight is 329 g/mol. The van der Waals surface area contributed by atoms with Gasteiger partial charge in [0.2, 0.25) is 0 Å². The van der Waals surface area contributed by atoms with Crippen molar-refractivity contribution in [2.24, 2.45) is 0 Å². The van der Waals surface area contributed by atoms with Crippen molar-refractivity contribution in [3.05, 3.63) is 84.8 Å². The molecule has 3 heterocycles. The fourth-order valence-corrected chi connectivity index (χ4v) is 2.69. The Balaban J connectivity index is 1.56. The smallest absolute Gasteiger partial charge is 0.275 e. The monoisotopic (exact) mass is 329 g/mol. The molecule has 4 aromatic rings. The van der Waals surface area contributed by atoms with Gasteiger partial charge >= 0.3 is 0 Å². The maximum absolute atomic E-state index is 12.2. The van der Waals surface area contributed by atoms with Crippen LogP contribution < -0.4 is 5.32 Å². The van der Waals surface area contributed by atoms with Crippen LogP contribution >= 0.6 is 0 Å². The number of pyridine rings is 1. The first-order valence-electron chi connectivity index (χ1n) is 7.86. The summed E-state index contributed by atoms with van der Waals surface area (Å²) in [6, 6.07) is 13.7. The summed E-state index contributed by atoms with van der Waals surface area (Å²) in [4.78, 5) is 24.4.